The predicted molar refractivity (Wildman–Crippen MR) is 73.8 cm³/mol. The van der Waals surface area contributed by atoms with Gasteiger partial charge in [0.25, 0.3) is 0 Å². The Balaban J connectivity index is 1.52. The first kappa shape index (κ1) is 12.2. The van der Waals surface area contributed by atoms with Crippen LogP contribution in [0.1, 0.15) is 37.2 Å². The summed E-state index contributed by atoms with van der Waals surface area (Å²) in [5, 5.41) is 0. The number of nitrogens with zero attached hydrogens (tertiary/aromatic N) is 1. The summed E-state index contributed by atoms with van der Waals surface area (Å²) in [6.45, 7) is 4.56. The molecule has 2 nitrogen and oxygen atoms in total. The predicted octanol–water partition coefficient (Wildman–Crippen LogP) is 3.05. The van der Waals surface area contributed by atoms with Crippen LogP contribution < -0.4 is 0 Å². The van der Waals surface area contributed by atoms with E-state index >= 15 is 0 Å². The van der Waals surface area contributed by atoms with Crippen LogP contribution in [-0.4, -0.2) is 37.2 Å². The van der Waals surface area contributed by atoms with Gasteiger partial charge < -0.3 is 9.64 Å². The first-order valence-corrected chi connectivity index (χ1v) is 7.31. The monoisotopic (exact) mass is 245 g/mol. The number of likely N-dealkylation sites (tertiary alicyclic amines) is 1. The second-order valence-electron chi connectivity index (χ2n) is 5.64. The molecule has 0 saturated carbocycles. The number of hydrogen-bond acceptors (Lipinski definition) is 2. The molecule has 1 aromatic carbocycles. The highest BCUT2D eigenvalue weighted by Crippen LogP contribution is 2.27. The van der Waals surface area contributed by atoms with Crippen LogP contribution in [0.3, 0.4) is 0 Å². The molecule has 3 rings (SSSR count). The van der Waals surface area contributed by atoms with Gasteiger partial charge in [0.2, 0.25) is 0 Å². The third kappa shape index (κ3) is 2.93. The molecule has 2 fully saturated rings. The third-order valence-corrected chi connectivity index (χ3v) is 4.28. The molecule has 2 unspecified atom stereocenters. The van der Waals surface area contributed by atoms with Crippen molar-refractivity contribution in [1.82, 2.24) is 4.90 Å². The minimum absolute atomic E-state index is 0.494. The summed E-state index contributed by atoms with van der Waals surface area (Å²) in [6.07, 6.45) is 5.65. The summed E-state index contributed by atoms with van der Waals surface area (Å²) in [5.41, 5.74) is 1.50. The summed E-state index contributed by atoms with van der Waals surface area (Å²) in [4.78, 5) is 2.59. The van der Waals surface area contributed by atoms with Crippen molar-refractivity contribution in [2.24, 2.45) is 0 Å². The Hall–Kier alpha value is -0.860. The van der Waals surface area contributed by atoms with Gasteiger partial charge in [0.05, 0.1) is 6.10 Å². The maximum Gasteiger partial charge on any atom is 0.0702 e. The molecule has 0 bridgehead atoms. The van der Waals surface area contributed by atoms with Gasteiger partial charge >= 0.3 is 0 Å². The molecule has 2 atom stereocenters. The van der Waals surface area contributed by atoms with E-state index in [2.05, 4.69) is 35.2 Å². The molecular formula is C16H23NO. The van der Waals surface area contributed by atoms with Crippen LogP contribution in [-0.2, 0) is 4.74 Å². The van der Waals surface area contributed by atoms with E-state index in [1.807, 2.05) is 0 Å². The lowest BCUT2D eigenvalue weighted by atomic mass is 9.99. The fourth-order valence-corrected chi connectivity index (χ4v) is 3.24. The normalized spacial score (nSPS) is 29.6. The highest BCUT2D eigenvalue weighted by Gasteiger charge is 2.26. The molecule has 2 heteroatoms. The van der Waals surface area contributed by atoms with Crippen LogP contribution in [0.5, 0.6) is 0 Å². The maximum absolute atomic E-state index is 5.84. The Labute approximate surface area is 110 Å². The van der Waals surface area contributed by atoms with Gasteiger partial charge in [-0.05, 0) is 43.7 Å². The molecule has 2 heterocycles. The molecule has 2 aliphatic rings. The molecule has 0 radical (unpaired) electrons. The SMILES string of the molecule is c1ccc(C2CCN(CC3CCCCO3)C2)cc1. The Kier molecular flexibility index (Phi) is 3.96. The van der Waals surface area contributed by atoms with E-state index in [4.69, 9.17) is 4.74 Å². The average molecular weight is 245 g/mol. The molecule has 18 heavy (non-hydrogen) atoms. The molecule has 2 aliphatic heterocycles. The molecule has 1 aromatic rings. The maximum atomic E-state index is 5.84. The second-order valence-corrected chi connectivity index (χ2v) is 5.64. The fourth-order valence-electron chi connectivity index (χ4n) is 3.24. The van der Waals surface area contributed by atoms with Gasteiger partial charge in [-0.2, -0.15) is 0 Å². The van der Waals surface area contributed by atoms with Gasteiger partial charge in [-0.1, -0.05) is 30.3 Å². The van der Waals surface area contributed by atoms with Gasteiger partial charge in [0.15, 0.2) is 0 Å². The Morgan fingerprint density at radius 2 is 2.00 bits per heavy atom. The van der Waals surface area contributed by atoms with Crippen molar-refractivity contribution in [2.45, 2.75) is 37.7 Å². The average Bonchev–Trinajstić information content (AvgIpc) is 2.89. The summed E-state index contributed by atoms with van der Waals surface area (Å²) in [5.74, 6) is 0.731. The summed E-state index contributed by atoms with van der Waals surface area (Å²) >= 11 is 0. The van der Waals surface area contributed by atoms with Crippen LogP contribution in [0.4, 0.5) is 0 Å². The van der Waals surface area contributed by atoms with Gasteiger partial charge in [0, 0.05) is 19.7 Å². The molecule has 0 spiro atoms. The topological polar surface area (TPSA) is 12.5 Å². The quantitative estimate of drug-likeness (QED) is 0.811. The van der Waals surface area contributed by atoms with E-state index in [9.17, 15) is 0 Å². The zero-order valence-electron chi connectivity index (χ0n) is 11.1. The largest absolute Gasteiger partial charge is 0.377 e. The van der Waals surface area contributed by atoms with Crippen LogP contribution in [0, 0.1) is 0 Å². The summed E-state index contributed by atoms with van der Waals surface area (Å²) in [7, 11) is 0. The third-order valence-electron chi connectivity index (χ3n) is 4.28. The lowest BCUT2D eigenvalue weighted by molar-refractivity contribution is -0.00201. The van der Waals surface area contributed by atoms with Crippen LogP contribution >= 0.6 is 0 Å². The molecule has 0 N–H and O–H groups in total. The van der Waals surface area contributed by atoms with E-state index in [1.165, 1.54) is 44.3 Å². The first-order valence-electron chi connectivity index (χ1n) is 7.31. The number of rotatable bonds is 3. The van der Waals surface area contributed by atoms with E-state index in [1.54, 1.807) is 0 Å². The standard InChI is InChI=1S/C16H23NO/c1-2-6-14(7-3-1)15-9-10-17(12-15)13-16-8-4-5-11-18-16/h1-3,6-7,15-16H,4-5,8-13H2. The summed E-state index contributed by atoms with van der Waals surface area (Å²) in [6, 6.07) is 11.0. The number of ether oxygens (including phenoxy) is 1. The molecule has 98 valence electrons. The van der Waals surface area contributed by atoms with Crippen molar-refractivity contribution < 1.29 is 4.74 Å². The smallest absolute Gasteiger partial charge is 0.0702 e. The van der Waals surface area contributed by atoms with Gasteiger partial charge in [-0.15, -0.1) is 0 Å². The van der Waals surface area contributed by atoms with Crippen molar-refractivity contribution in [1.29, 1.82) is 0 Å². The van der Waals surface area contributed by atoms with Crippen LogP contribution in [0.15, 0.2) is 30.3 Å². The number of hydrogen-bond donors (Lipinski definition) is 0. The lowest BCUT2D eigenvalue weighted by Gasteiger charge is -2.27. The van der Waals surface area contributed by atoms with Crippen molar-refractivity contribution in [3.05, 3.63) is 35.9 Å². The Morgan fingerprint density at radius 3 is 2.78 bits per heavy atom. The Morgan fingerprint density at radius 1 is 1.11 bits per heavy atom. The minimum atomic E-state index is 0.494. The van der Waals surface area contributed by atoms with E-state index < -0.39 is 0 Å². The Bertz CT molecular complexity index is 359. The molecule has 0 aromatic heterocycles. The highest BCUT2D eigenvalue weighted by molar-refractivity contribution is 5.21. The fraction of sp³-hybridized carbons (Fsp3) is 0.625. The first-order chi connectivity index (χ1) is 8.92. The zero-order valence-corrected chi connectivity index (χ0v) is 11.1. The molecule has 0 aliphatic carbocycles. The zero-order chi connectivity index (χ0) is 12.2. The molecule has 2 saturated heterocycles. The van der Waals surface area contributed by atoms with E-state index in [0.29, 0.717) is 6.10 Å². The van der Waals surface area contributed by atoms with Gasteiger partial charge in [-0.3, -0.25) is 0 Å². The van der Waals surface area contributed by atoms with Crippen molar-refractivity contribution in [2.75, 3.05) is 26.2 Å². The van der Waals surface area contributed by atoms with Crippen LogP contribution in [0.2, 0.25) is 0 Å². The van der Waals surface area contributed by atoms with Gasteiger partial charge in [-0.25, -0.2) is 0 Å². The van der Waals surface area contributed by atoms with Crippen LogP contribution in [0.25, 0.3) is 0 Å². The summed E-state index contributed by atoms with van der Waals surface area (Å²) < 4.78 is 5.84. The van der Waals surface area contributed by atoms with E-state index in [-0.39, 0.29) is 0 Å². The van der Waals surface area contributed by atoms with Crippen molar-refractivity contribution >= 4 is 0 Å². The second kappa shape index (κ2) is 5.85. The molecule has 0 amide bonds. The highest BCUT2D eigenvalue weighted by atomic mass is 16.5. The minimum Gasteiger partial charge on any atom is -0.377 e. The molecular weight excluding hydrogens is 222 g/mol. The van der Waals surface area contributed by atoms with Crippen molar-refractivity contribution in [3.8, 4) is 0 Å². The van der Waals surface area contributed by atoms with Crippen molar-refractivity contribution in [3.63, 3.8) is 0 Å². The number of benzene rings is 1. The lowest BCUT2D eigenvalue weighted by Crippen LogP contribution is -2.34. The van der Waals surface area contributed by atoms with E-state index in [0.717, 1.165) is 19.1 Å². The van der Waals surface area contributed by atoms with Gasteiger partial charge in [0.1, 0.15) is 0 Å².